The molecule has 1 heterocycles. The average Bonchev–Trinajstić information content (AvgIpc) is 2.96. The van der Waals surface area contributed by atoms with Crippen molar-refractivity contribution in [3.63, 3.8) is 0 Å². The number of carbonyl (C=O) groups excluding carboxylic acids is 1. The first-order valence-electron chi connectivity index (χ1n) is 8.55. The van der Waals surface area contributed by atoms with Crippen molar-refractivity contribution in [3.8, 4) is 0 Å². The first kappa shape index (κ1) is 18.5. The lowest BCUT2D eigenvalue weighted by molar-refractivity contribution is 0.100. The molecule has 7 heteroatoms. The number of nitrogens with two attached hydrogens (primary N) is 1. The molecule has 0 fully saturated rings. The predicted molar refractivity (Wildman–Crippen MR) is 112 cm³/mol. The summed E-state index contributed by atoms with van der Waals surface area (Å²) in [5.41, 5.74) is 8.41. The fourth-order valence-electron chi connectivity index (χ4n) is 3.59. The number of fused-ring (bicyclic) bond motifs is 3. The Morgan fingerprint density at radius 1 is 1.07 bits per heavy atom. The molecule has 5 nitrogen and oxygen atoms in total. The number of benzene rings is 3. The van der Waals surface area contributed by atoms with Gasteiger partial charge in [-0.3, -0.25) is 4.79 Å². The van der Waals surface area contributed by atoms with Gasteiger partial charge >= 0.3 is 0 Å². The standard InChI is InChI=1S/C21H17ClN2O3S/c1-28(26,27)14-6-2-5-13(11-14)12-24-18-10-4-8-16(21(23)25)19(18)15-7-3-9-17(22)20(15)24/h2-11H,12H2,1H3,(H2,23,25). The van der Waals surface area contributed by atoms with Crippen LogP contribution in [0.2, 0.25) is 5.02 Å². The van der Waals surface area contributed by atoms with Crippen LogP contribution in [-0.4, -0.2) is 25.1 Å². The molecule has 0 aliphatic carbocycles. The molecule has 0 atom stereocenters. The van der Waals surface area contributed by atoms with Crippen LogP contribution in [0.5, 0.6) is 0 Å². The van der Waals surface area contributed by atoms with Gasteiger partial charge in [0.25, 0.3) is 0 Å². The molecule has 0 radical (unpaired) electrons. The molecule has 0 saturated carbocycles. The SMILES string of the molecule is CS(=O)(=O)c1cccc(Cn2c3cccc(C(N)=O)c3c3cccc(Cl)c32)c1. The summed E-state index contributed by atoms with van der Waals surface area (Å²) in [5.74, 6) is -0.510. The molecule has 2 N–H and O–H groups in total. The molecule has 0 saturated heterocycles. The molecule has 0 bridgehead atoms. The van der Waals surface area contributed by atoms with Gasteiger partial charge in [0.1, 0.15) is 0 Å². The topological polar surface area (TPSA) is 82.2 Å². The Balaban J connectivity index is 2.02. The minimum absolute atomic E-state index is 0.259. The molecule has 0 unspecified atom stereocenters. The van der Waals surface area contributed by atoms with Crippen LogP contribution in [0.3, 0.4) is 0 Å². The Labute approximate surface area is 167 Å². The molecule has 142 valence electrons. The second kappa shape index (κ2) is 6.65. The summed E-state index contributed by atoms with van der Waals surface area (Å²) in [5, 5.41) is 2.12. The van der Waals surface area contributed by atoms with Crippen LogP contribution in [0.1, 0.15) is 15.9 Å². The van der Waals surface area contributed by atoms with E-state index in [0.717, 1.165) is 27.4 Å². The predicted octanol–water partition coefficient (Wildman–Crippen LogP) is 4.00. The van der Waals surface area contributed by atoms with Gasteiger partial charge in [-0.2, -0.15) is 0 Å². The molecular formula is C21H17ClN2O3S. The first-order valence-corrected chi connectivity index (χ1v) is 10.8. The van der Waals surface area contributed by atoms with Gasteiger partial charge in [0, 0.05) is 29.1 Å². The van der Waals surface area contributed by atoms with Crippen LogP contribution in [0.25, 0.3) is 21.8 Å². The van der Waals surface area contributed by atoms with Crippen LogP contribution in [0, 0.1) is 0 Å². The van der Waals surface area contributed by atoms with E-state index in [4.69, 9.17) is 17.3 Å². The molecule has 28 heavy (non-hydrogen) atoms. The van der Waals surface area contributed by atoms with E-state index in [1.807, 2.05) is 28.8 Å². The van der Waals surface area contributed by atoms with E-state index in [2.05, 4.69) is 0 Å². The smallest absolute Gasteiger partial charge is 0.249 e. The van der Waals surface area contributed by atoms with E-state index in [0.29, 0.717) is 17.1 Å². The van der Waals surface area contributed by atoms with Gasteiger partial charge in [0.05, 0.1) is 21.0 Å². The van der Waals surface area contributed by atoms with Crippen molar-refractivity contribution in [2.45, 2.75) is 11.4 Å². The third-order valence-electron chi connectivity index (χ3n) is 4.79. The zero-order valence-electron chi connectivity index (χ0n) is 15.0. The van der Waals surface area contributed by atoms with Gasteiger partial charge < -0.3 is 10.3 Å². The van der Waals surface area contributed by atoms with Gasteiger partial charge in [-0.1, -0.05) is 41.9 Å². The lowest BCUT2D eigenvalue weighted by atomic mass is 10.1. The molecule has 0 aliphatic rings. The molecule has 1 amide bonds. The molecule has 0 spiro atoms. The van der Waals surface area contributed by atoms with E-state index in [9.17, 15) is 13.2 Å². The second-order valence-electron chi connectivity index (χ2n) is 6.71. The number of carbonyl (C=O) groups is 1. The molecule has 0 aliphatic heterocycles. The second-order valence-corrected chi connectivity index (χ2v) is 9.13. The summed E-state index contributed by atoms with van der Waals surface area (Å²) < 4.78 is 25.8. The largest absolute Gasteiger partial charge is 0.366 e. The summed E-state index contributed by atoms with van der Waals surface area (Å²) in [7, 11) is -3.31. The van der Waals surface area contributed by atoms with Crippen molar-refractivity contribution in [1.29, 1.82) is 0 Å². The van der Waals surface area contributed by atoms with Crippen molar-refractivity contribution in [2.75, 3.05) is 6.26 Å². The maximum absolute atomic E-state index is 12.0. The summed E-state index contributed by atoms with van der Waals surface area (Å²) >= 11 is 6.50. The van der Waals surface area contributed by atoms with E-state index < -0.39 is 15.7 Å². The molecule has 1 aromatic heterocycles. The van der Waals surface area contributed by atoms with Gasteiger partial charge in [-0.15, -0.1) is 0 Å². The van der Waals surface area contributed by atoms with Crippen LogP contribution >= 0.6 is 11.6 Å². The molecule has 4 aromatic rings. The lowest BCUT2D eigenvalue weighted by Crippen LogP contribution is -2.11. The van der Waals surface area contributed by atoms with E-state index in [1.165, 1.54) is 6.26 Å². The van der Waals surface area contributed by atoms with Crippen molar-refractivity contribution in [3.05, 3.63) is 76.8 Å². The average molecular weight is 413 g/mol. The summed E-state index contributed by atoms with van der Waals surface area (Å²) in [4.78, 5) is 12.2. The zero-order chi connectivity index (χ0) is 20.1. The number of nitrogens with zero attached hydrogens (tertiary/aromatic N) is 1. The van der Waals surface area contributed by atoms with Gasteiger partial charge in [-0.05, 0) is 35.9 Å². The quantitative estimate of drug-likeness (QED) is 0.550. The Bertz CT molecular complexity index is 1360. The minimum atomic E-state index is -3.31. The van der Waals surface area contributed by atoms with E-state index in [1.54, 1.807) is 36.4 Å². The fraction of sp³-hybridized carbons (Fsp3) is 0.0952. The van der Waals surface area contributed by atoms with Crippen LogP contribution in [-0.2, 0) is 16.4 Å². The van der Waals surface area contributed by atoms with Gasteiger partial charge in [0.2, 0.25) is 5.91 Å². The monoisotopic (exact) mass is 412 g/mol. The maximum atomic E-state index is 12.0. The van der Waals surface area contributed by atoms with Crippen molar-refractivity contribution in [1.82, 2.24) is 4.57 Å². The summed E-state index contributed by atoms with van der Waals surface area (Å²) in [6.07, 6.45) is 1.18. The highest BCUT2D eigenvalue weighted by Crippen LogP contribution is 2.36. The van der Waals surface area contributed by atoms with E-state index in [-0.39, 0.29) is 4.90 Å². The lowest BCUT2D eigenvalue weighted by Gasteiger charge is -2.10. The number of para-hydroxylation sites is 1. The third-order valence-corrected chi connectivity index (χ3v) is 6.21. The van der Waals surface area contributed by atoms with Crippen molar-refractivity contribution in [2.24, 2.45) is 5.73 Å². The summed E-state index contributed by atoms with van der Waals surface area (Å²) in [6, 6.07) is 17.7. The Kier molecular flexibility index (Phi) is 4.40. The Hall–Kier alpha value is -2.83. The number of hydrogen-bond acceptors (Lipinski definition) is 3. The highest BCUT2D eigenvalue weighted by molar-refractivity contribution is 7.90. The fourth-order valence-corrected chi connectivity index (χ4v) is 4.55. The van der Waals surface area contributed by atoms with Crippen LogP contribution < -0.4 is 5.73 Å². The molecule has 3 aromatic carbocycles. The minimum Gasteiger partial charge on any atom is -0.366 e. The van der Waals surface area contributed by atoms with Crippen molar-refractivity contribution >= 4 is 49.2 Å². The normalized spacial score (nSPS) is 11.9. The highest BCUT2D eigenvalue weighted by Gasteiger charge is 2.18. The van der Waals surface area contributed by atoms with E-state index >= 15 is 0 Å². The van der Waals surface area contributed by atoms with Gasteiger partial charge in [-0.25, -0.2) is 8.42 Å². The third kappa shape index (κ3) is 3.04. The summed E-state index contributed by atoms with van der Waals surface area (Å²) in [6.45, 7) is 0.398. The number of halogens is 1. The Morgan fingerprint density at radius 2 is 1.79 bits per heavy atom. The molecule has 4 rings (SSSR count). The number of sulfone groups is 1. The zero-order valence-corrected chi connectivity index (χ0v) is 16.6. The first-order chi connectivity index (χ1) is 13.3. The van der Waals surface area contributed by atoms with Crippen LogP contribution in [0.4, 0.5) is 0 Å². The number of rotatable bonds is 4. The number of hydrogen-bond donors (Lipinski definition) is 1. The Morgan fingerprint density at radius 3 is 2.50 bits per heavy atom. The highest BCUT2D eigenvalue weighted by atomic mass is 35.5. The van der Waals surface area contributed by atoms with Gasteiger partial charge in [0.15, 0.2) is 9.84 Å². The van der Waals surface area contributed by atoms with Crippen molar-refractivity contribution < 1.29 is 13.2 Å². The molecular weight excluding hydrogens is 396 g/mol. The number of aromatic nitrogens is 1. The maximum Gasteiger partial charge on any atom is 0.249 e. The van der Waals surface area contributed by atoms with Crippen LogP contribution in [0.15, 0.2) is 65.6 Å². The number of primary amides is 1. The number of amides is 1.